The summed E-state index contributed by atoms with van der Waals surface area (Å²) >= 11 is 1.26. The molecule has 0 aliphatic carbocycles. The van der Waals surface area contributed by atoms with Crippen molar-refractivity contribution in [3.8, 4) is 5.75 Å². The highest BCUT2D eigenvalue weighted by Gasteiger charge is 2.35. The fourth-order valence-electron chi connectivity index (χ4n) is 4.92. The second kappa shape index (κ2) is 12.4. The highest BCUT2D eigenvalue weighted by Crippen LogP contribution is 2.35. The summed E-state index contributed by atoms with van der Waals surface area (Å²) in [5.41, 5.74) is 2.32. The van der Waals surface area contributed by atoms with Crippen LogP contribution in [0.25, 0.3) is 10.2 Å². The Morgan fingerprint density at radius 1 is 1.19 bits per heavy atom. The second-order valence-electron chi connectivity index (χ2n) is 10.8. The maximum Gasteiger partial charge on any atom is 0.321 e. The third-order valence-corrected chi connectivity index (χ3v) is 8.53. The Morgan fingerprint density at radius 3 is 2.65 bits per heavy atom. The first-order valence-electron chi connectivity index (χ1n) is 13.9. The standard InChI is InChI=1S/C30H34N6O6S/c1-16-13-36(17(2)15-37)29(39)20-9-8-11-22(31-27(38)28-32-21-10-6-7-12-24(21)43-28)26(20)41-23(16)14-35(5)30(40)33-25-18(3)34-42-19(25)4/h6-12,16-17,23,37H,13-15H2,1-5H3,(H,31,38)(H,33,40)/t16-,17-,23-/m0/s1. The zero-order chi connectivity index (χ0) is 30.8. The van der Waals surface area contributed by atoms with Crippen LogP contribution in [0.1, 0.15) is 45.5 Å². The third-order valence-electron chi connectivity index (χ3n) is 7.49. The summed E-state index contributed by atoms with van der Waals surface area (Å²) in [7, 11) is 1.64. The molecular weight excluding hydrogens is 572 g/mol. The Balaban J connectivity index is 1.46. The Morgan fingerprint density at radius 2 is 1.95 bits per heavy atom. The average molecular weight is 607 g/mol. The van der Waals surface area contributed by atoms with E-state index in [-0.39, 0.29) is 53.9 Å². The monoisotopic (exact) mass is 606 g/mol. The minimum absolute atomic E-state index is 0.158. The molecule has 0 spiro atoms. The van der Waals surface area contributed by atoms with Crippen LogP contribution in [0.4, 0.5) is 16.2 Å². The number of thiazole rings is 1. The average Bonchev–Trinajstić information content (AvgIpc) is 3.57. The van der Waals surface area contributed by atoms with Gasteiger partial charge in [0.25, 0.3) is 11.8 Å². The number of aliphatic hydroxyl groups is 1. The number of anilines is 2. The van der Waals surface area contributed by atoms with Crippen molar-refractivity contribution in [2.45, 2.75) is 39.8 Å². The first kappa shape index (κ1) is 30.0. The van der Waals surface area contributed by atoms with Crippen molar-refractivity contribution >= 4 is 50.8 Å². The van der Waals surface area contributed by atoms with Gasteiger partial charge in [-0.25, -0.2) is 9.78 Å². The summed E-state index contributed by atoms with van der Waals surface area (Å²) in [5, 5.41) is 19.8. The number of fused-ring (bicyclic) bond motifs is 2. The molecule has 1 aliphatic rings. The van der Waals surface area contributed by atoms with Crippen LogP contribution in [-0.2, 0) is 0 Å². The number of carbonyl (C=O) groups is 3. The van der Waals surface area contributed by atoms with Crippen molar-refractivity contribution in [2.75, 3.05) is 37.4 Å². The maximum atomic E-state index is 13.8. The summed E-state index contributed by atoms with van der Waals surface area (Å²) in [5.74, 6) is -0.345. The normalized spacial score (nSPS) is 17.4. The van der Waals surface area contributed by atoms with Gasteiger partial charge >= 0.3 is 6.03 Å². The Labute approximate surface area is 252 Å². The van der Waals surface area contributed by atoms with Gasteiger partial charge in [0, 0.05) is 19.5 Å². The van der Waals surface area contributed by atoms with Crippen LogP contribution >= 0.6 is 11.3 Å². The van der Waals surface area contributed by atoms with Gasteiger partial charge in [-0.1, -0.05) is 30.3 Å². The van der Waals surface area contributed by atoms with Crippen molar-refractivity contribution in [3.63, 3.8) is 0 Å². The SMILES string of the molecule is Cc1noc(C)c1NC(=O)N(C)C[C@@H]1Oc2c(NC(=O)c3nc4ccccc4s3)cccc2C(=O)N([C@@H](C)CO)C[C@@H]1C. The van der Waals surface area contributed by atoms with Crippen LogP contribution in [0.2, 0.25) is 0 Å². The molecule has 3 N–H and O–H groups in total. The molecule has 12 nitrogen and oxygen atoms in total. The van der Waals surface area contributed by atoms with Crippen LogP contribution < -0.4 is 15.4 Å². The molecule has 0 radical (unpaired) electrons. The number of rotatable bonds is 7. The molecule has 226 valence electrons. The van der Waals surface area contributed by atoms with Crippen molar-refractivity contribution < 1.29 is 28.8 Å². The van der Waals surface area contributed by atoms with E-state index in [1.54, 1.807) is 50.9 Å². The number of benzene rings is 2. The van der Waals surface area contributed by atoms with Crippen molar-refractivity contribution in [1.29, 1.82) is 0 Å². The predicted octanol–water partition coefficient (Wildman–Crippen LogP) is 4.54. The Bertz CT molecular complexity index is 1620. The lowest BCUT2D eigenvalue weighted by atomic mass is 9.99. The highest BCUT2D eigenvalue weighted by atomic mass is 32.1. The van der Waals surface area contributed by atoms with E-state index < -0.39 is 18.1 Å². The van der Waals surface area contributed by atoms with Crippen LogP contribution in [0.15, 0.2) is 47.0 Å². The first-order chi connectivity index (χ1) is 20.6. The lowest BCUT2D eigenvalue weighted by molar-refractivity contribution is 0.0372. The van der Waals surface area contributed by atoms with Gasteiger partial charge in [0.05, 0.1) is 40.7 Å². The molecule has 2 aromatic carbocycles. The van der Waals surface area contributed by atoms with Crippen LogP contribution in [0.5, 0.6) is 5.75 Å². The van der Waals surface area contributed by atoms with E-state index >= 15 is 0 Å². The minimum Gasteiger partial charge on any atom is -0.485 e. The number of amides is 4. The molecule has 2 aromatic heterocycles. The molecule has 0 fully saturated rings. The predicted molar refractivity (Wildman–Crippen MR) is 163 cm³/mol. The van der Waals surface area contributed by atoms with E-state index in [1.807, 2.05) is 31.2 Å². The molecule has 13 heteroatoms. The highest BCUT2D eigenvalue weighted by molar-refractivity contribution is 7.20. The lowest BCUT2D eigenvalue weighted by Gasteiger charge is -2.38. The lowest BCUT2D eigenvalue weighted by Crippen LogP contribution is -2.50. The number of carbonyl (C=O) groups excluding carboxylic acids is 3. The molecule has 3 atom stereocenters. The quantitative estimate of drug-likeness (QED) is 0.278. The number of urea groups is 1. The number of hydrogen-bond acceptors (Lipinski definition) is 9. The fraction of sp³-hybridized carbons (Fsp3) is 0.367. The zero-order valence-corrected chi connectivity index (χ0v) is 25.4. The summed E-state index contributed by atoms with van der Waals surface area (Å²) < 4.78 is 12.6. The van der Waals surface area contributed by atoms with Crippen molar-refractivity contribution in [1.82, 2.24) is 19.9 Å². The molecule has 0 bridgehead atoms. The minimum atomic E-state index is -0.582. The van der Waals surface area contributed by atoms with Gasteiger partial charge in [0.1, 0.15) is 17.5 Å². The Hall–Kier alpha value is -4.49. The number of likely N-dealkylation sites (N-methyl/N-ethyl adjacent to an activating group) is 1. The van der Waals surface area contributed by atoms with Gasteiger partial charge in [0.15, 0.2) is 16.5 Å². The summed E-state index contributed by atoms with van der Waals surface area (Å²) in [6, 6.07) is 11.6. The Kier molecular flexibility index (Phi) is 8.64. The van der Waals surface area contributed by atoms with E-state index in [9.17, 15) is 19.5 Å². The van der Waals surface area contributed by atoms with Gasteiger partial charge in [0.2, 0.25) is 0 Å². The van der Waals surface area contributed by atoms with Crippen LogP contribution in [-0.4, -0.2) is 81.8 Å². The number of aliphatic hydroxyl groups excluding tert-OH is 1. The summed E-state index contributed by atoms with van der Waals surface area (Å²) in [6.07, 6.45) is -0.582. The second-order valence-corrected chi connectivity index (χ2v) is 11.8. The van der Waals surface area contributed by atoms with E-state index in [4.69, 9.17) is 9.26 Å². The molecule has 4 aromatic rings. The largest absolute Gasteiger partial charge is 0.485 e. The number of para-hydroxylation sites is 2. The van der Waals surface area contributed by atoms with Gasteiger partial charge < -0.3 is 34.8 Å². The number of aromatic nitrogens is 2. The smallest absolute Gasteiger partial charge is 0.321 e. The van der Waals surface area contributed by atoms with Crippen LogP contribution in [0, 0.1) is 19.8 Å². The fourth-order valence-corrected chi connectivity index (χ4v) is 5.78. The van der Waals surface area contributed by atoms with E-state index in [0.717, 1.165) is 4.70 Å². The summed E-state index contributed by atoms with van der Waals surface area (Å²) in [4.78, 5) is 47.8. The molecule has 4 amide bonds. The number of aryl methyl sites for hydroxylation is 2. The number of hydrogen-bond donors (Lipinski definition) is 3. The maximum absolute atomic E-state index is 13.8. The molecule has 3 heterocycles. The van der Waals surface area contributed by atoms with Crippen LogP contribution in [0.3, 0.4) is 0 Å². The molecule has 0 unspecified atom stereocenters. The van der Waals surface area contributed by atoms with Gasteiger partial charge in [-0.15, -0.1) is 11.3 Å². The molecule has 0 saturated heterocycles. The van der Waals surface area contributed by atoms with E-state index in [1.165, 1.54) is 16.2 Å². The molecule has 5 rings (SSSR count). The number of nitrogens with zero attached hydrogens (tertiary/aromatic N) is 4. The topological polar surface area (TPSA) is 150 Å². The molecular formula is C30H34N6O6S. The van der Waals surface area contributed by atoms with E-state index in [0.29, 0.717) is 28.3 Å². The molecule has 1 aliphatic heterocycles. The third kappa shape index (κ3) is 6.18. The molecule has 0 saturated carbocycles. The van der Waals surface area contributed by atoms with E-state index in [2.05, 4.69) is 20.8 Å². The zero-order valence-electron chi connectivity index (χ0n) is 24.6. The van der Waals surface area contributed by atoms with Gasteiger partial charge in [-0.2, -0.15) is 0 Å². The number of ether oxygens (including phenoxy) is 1. The van der Waals surface area contributed by atoms with Gasteiger partial charge in [-0.3, -0.25) is 9.59 Å². The number of nitrogens with one attached hydrogen (secondary N) is 2. The van der Waals surface area contributed by atoms with Crippen molar-refractivity contribution in [3.05, 3.63) is 64.5 Å². The van der Waals surface area contributed by atoms with Crippen molar-refractivity contribution in [2.24, 2.45) is 5.92 Å². The van der Waals surface area contributed by atoms with Gasteiger partial charge in [-0.05, 0) is 45.0 Å². The summed E-state index contributed by atoms with van der Waals surface area (Å²) in [6.45, 7) is 7.35. The molecule has 43 heavy (non-hydrogen) atoms. The first-order valence-corrected chi connectivity index (χ1v) is 14.7.